The van der Waals surface area contributed by atoms with E-state index < -0.39 is 15.8 Å². The van der Waals surface area contributed by atoms with Crippen molar-refractivity contribution < 1.29 is 12.8 Å². The summed E-state index contributed by atoms with van der Waals surface area (Å²) < 4.78 is 33.1. The summed E-state index contributed by atoms with van der Waals surface area (Å²) in [5.41, 5.74) is 2.09. The quantitative estimate of drug-likeness (QED) is 0.699. The zero-order chi connectivity index (χ0) is 19.2. The largest absolute Gasteiger partial charge is 0.417 e. The number of benzene rings is 1. The molecule has 0 unspecified atom stereocenters. The molecule has 0 amide bonds. The summed E-state index contributed by atoms with van der Waals surface area (Å²) in [4.78, 5) is 24.8. The zero-order valence-corrected chi connectivity index (χ0v) is 15.8. The predicted molar refractivity (Wildman–Crippen MR) is 101 cm³/mol. The van der Waals surface area contributed by atoms with Crippen LogP contribution in [-0.2, 0) is 10.0 Å². The molecule has 142 valence electrons. The van der Waals surface area contributed by atoms with Crippen molar-refractivity contribution in [3.63, 3.8) is 0 Å². The summed E-state index contributed by atoms with van der Waals surface area (Å²) in [6, 6.07) is 4.17. The lowest BCUT2D eigenvalue weighted by atomic mass is 10.3. The highest BCUT2D eigenvalue weighted by atomic mass is 32.2. The van der Waals surface area contributed by atoms with Gasteiger partial charge < -0.3 is 9.32 Å². The predicted octanol–water partition coefficient (Wildman–Crippen LogP) is 1.93. The van der Waals surface area contributed by atoms with Gasteiger partial charge in [0.15, 0.2) is 5.58 Å². The highest BCUT2D eigenvalue weighted by Crippen LogP contribution is 2.26. The van der Waals surface area contributed by atoms with Gasteiger partial charge in [-0.15, -0.1) is 0 Å². The Morgan fingerprint density at radius 2 is 1.81 bits per heavy atom. The number of nitrogens with one attached hydrogen (secondary N) is 2. The van der Waals surface area contributed by atoms with Crippen molar-refractivity contribution in [1.29, 1.82) is 0 Å². The second-order valence-electron chi connectivity index (χ2n) is 6.54. The van der Waals surface area contributed by atoms with Gasteiger partial charge in [0.2, 0.25) is 5.95 Å². The van der Waals surface area contributed by atoms with Crippen molar-refractivity contribution in [1.82, 2.24) is 15.0 Å². The third-order valence-corrected chi connectivity index (χ3v) is 5.93. The smallest absolute Gasteiger partial charge is 0.408 e. The number of fused-ring (bicyclic) bond motifs is 1. The fourth-order valence-corrected chi connectivity index (χ4v) is 4.40. The van der Waals surface area contributed by atoms with Gasteiger partial charge in [-0.2, -0.15) is 0 Å². The number of sulfonamides is 1. The molecule has 0 bridgehead atoms. The molecule has 1 aromatic carbocycles. The Balaban J connectivity index is 1.68. The summed E-state index contributed by atoms with van der Waals surface area (Å²) in [5.74, 6) is -0.00654. The first-order valence-corrected chi connectivity index (χ1v) is 10.1. The van der Waals surface area contributed by atoms with E-state index in [9.17, 15) is 13.2 Å². The molecule has 3 heterocycles. The number of hydrogen-bond acceptors (Lipinski definition) is 7. The number of H-pyrrole nitrogens is 1. The van der Waals surface area contributed by atoms with E-state index in [2.05, 4.69) is 24.6 Å². The molecule has 0 radical (unpaired) electrons. The van der Waals surface area contributed by atoms with E-state index in [1.54, 1.807) is 13.8 Å². The van der Waals surface area contributed by atoms with Crippen LogP contribution < -0.4 is 15.4 Å². The van der Waals surface area contributed by atoms with Crippen LogP contribution in [0.3, 0.4) is 0 Å². The van der Waals surface area contributed by atoms with E-state index in [4.69, 9.17) is 4.42 Å². The molecule has 0 atom stereocenters. The third-order valence-electron chi connectivity index (χ3n) is 4.59. The van der Waals surface area contributed by atoms with E-state index in [-0.39, 0.29) is 4.90 Å². The molecule has 0 saturated carbocycles. The topological polar surface area (TPSA) is 121 Å². The first-order valence-electron chi connectivity index (χ1n) is 8.59. The van der Waals surface area contributed by atoms with E-state index in [0.29, 0.717) is 34.1 Å². The average Bonchev–Trinajstić information content (AvgIpc) is 3.25. The van der Waals surface area contributed by atoms with Crippen LogP contribution in [0, 0.1) is 13.8 Å². The van der Waals surface area contributed by atoms with Crippen molar-refractivity contribution in [3.8, 4) is 0 Å². The Labute approximate surface area is 155 Å². The summed E-state index contributed by atoms with van der Waals surface area (Å²) in [7, 11) is -3.88. The van der Waals surface area contributed by atoms with Crippen molar-refractivity contribution in [3.05, 3.63) is 40.1 Å². The average molecular weight is 389 g/mol. The maximum atomic E-state index is 12.8. The minimum Gasteiger partial charge on any atom is -0.408 e. The lowest BCUT2D eigenvalue weighted by Crippen LogP contribution is -2.22. The Bertz CT molecular complexity index is 1150. The number of aromatic nitrogens is 3. The standard InChI is InChI=1S/C17H19N5O4S/c1-10-15(11(2)19-16(18-10)22-7-3-4-8-22)21-27(24,25)12-5-6-14-13(9-12)20-17(23)26-14/h5-6,9,21H,3-4,7-8H2,1-2H3,(H,20,23). The molecule has 1 saturated heterocycles. The molecule has 2 N–H and O–H groups in total. The molecule has 4 rings (SSSR count). The highest BCUT2D eigenvalue weighted by molar-refractivity contribution is 7.92. The number of aryl methyl sites for hydroxylation is 2. The van der Waals surface area contributed by atoms with Gasteiger partial charge in [-0.25, -0.2) is 23.2 Å². The van der Waals surface area contributed by atoms with Crippen LogP contribution in [-0.4, -0.2) is 36.5 Å². The number of anilines is 2. The zero-order valence-electron chi connectivity index (χ0n) is 14.9. The summed E-state index contributed by atoms with van der Waals surface area (Å²) in [6.45, 7) is 5.32. The summed E-state index contributed by atoms with van der Waals surface area (Å²) in [5, 5.41) is 0. The second-order valence-corrected chi connectivity index (χ2v) is 8.22. The molecule has 3 aromatic rings. The highest BCUT2D eigenvalue weighted by Gasteiger charge is 2.22. The van der Waals surface area contributed by atoms with Crippen LogP contribution in [0.25, 0.3) is 11.1 Å². The molecule has 0 aliphatic carbocycles. The normalized spacial score (nSPS) is 14.8. The number of nitrogens with zero attached hydrogens (tertiary/aromatic N) is 3. The van der Waals surface area contributed by atoms with Gasteiger partial charge in [-0.05, 0) is 44.9 Å². The van der Waals surface area contributed by atoms with Gasteiger partial charge >= 0.3 is 5.76 Å². The van der Waals surface area contributed by atoms with E-state index in [1.807, 2.05) is 0 Å². The molecule has 1 fully saturated rings. The maximum Gasteiger partial charge on any atom is 0.417 e. The van der Waals surface area contributed by atoms with E-state index in [0.717, 1.165) is 25.9 Å². The van der Waals surface area contributed by atoms with Gasteiger partial charge in [-0.3, -0.25) is 9.71 Å². The van der Waals surface area contributed by atoms with Crippen LogP contribution in [0.1, 0.15) is 24.2 Å². The van der Waals surface area contributed by atoms with Gasteiger partial charge in [-0.1, -0.05) is 0 Å². The minimum atomic E-state index is -3.88. The van der Waals surface area contributed by atoms with Crippen molar-refractivity contribution in [2.45, 2.75) is 31.6 Å². The molecule has 0 spiro atoms. The number of rotatable bonds is 4. The maximum absolute atomic E-state index is 12.8. The van der Waals surface area contributed by atoms with Crippen LogP contribution in [0.4, 0.5) is 11.6 Å². The van der Waals surface area contributed by atoms with Gasteiger partial charge in [0.05, 0.1) is 27.5 Å². The van der Waals surface area contributed by atoms with Crippen molar-refractivity contribution >= 4 is 32.8 Å². The van der Waals surface area contributed by atoms with E-state index >= 15 is 0 Å². The Morgan fingerprint density at radius 1 is 1.15 bits per heavy atom. The molecular formula is C17H19N5O4S. The Kier molecular flexibility index (Phi) is 4.14. The number of aromatic amines is 1. The molecule has 27 heavy (non-hydrogen) atoms. The Hall–Kier alpha value is -2.88. The lowest BCUT2D eigenvalue weighted by Gasteiger charge is -2.19. The number of oxazole rings is 1. The van der Waals surface area contributed by atoms with Crippen LogP contribution >= 0.6 is 0 Å². The second kappa shape index (κ2) is 6.38. The van der Waals surface area contributed by atoms with Crippen LogP contribution in [0.15, 0.2) is 32.3 Å². The minimum absolute atomic E-state index is 0.00877. The summed E-state index contributed by atoms with van der Waals surface area (Å²) in [6.07, 6.45) is 2.21. The monoisotopic (exact) mass is 389 g/mol. The van der Waals surface area contributed by atoms with Crippen molar-refractivity contribution in [2.24, 2.45) is 0 Å². The first-order chi connectivity index (χ1) is 12.8. The fourth-order valence-electron chi connectivity index (χ4n) is 3.20. The molecule has 2 aromatic heterocycles. The Morgan fingerprint density at radius 3 is 2.48 bits per heavy atom. The fraction of sp³-hybridized carbons (Fsp3) is 0.353. The van der Waals surface area contributed by atoms with Gasteiger partial charge in [0, 0.05) is 13.1 Å². The SMILES string of the molecule is Cc1nc(N2CCCC2)nc(C)c1NS(=O)(=O)c1ccc2oc(=O)[nH]c2c1. The molecule has 1 aliphatic heterocycles. The lowest BCUT2D eigenvalue weighted by molar-refractivity contribution is 0.555. The van der Waals surface area contributed by atoms with Crippen molar-refractivity contribution in [2.75, 3.05) is 22.7 Å². The molecule has 1 aliphatic rings. The van der Waals surface area contributed by atoms with E-state index in [1.165, 1.54) is 18.2 Å². The van der Waals surface area contributed by atoms with Gasteiger partial charge in [0.1, 0.15) is 0 Å². The van der Waals surface area contributed by atoms with Crippen LogP contribution in [0.2, 0.25) is 0 Å². The molecule has 10 heteroatoms. The molecular weight excluding hydrogens is 370 g/mol. The summed E-state index contributed by atoms with van der Waals surface area (Å²) >= 11 is 0. The third kappa shape index (κ3) is 3.27. The first kappa shape index (κ1) is 17.5. The number of hydrogen-bond donors (Lipinski definition) is 2. The molecule has 9 nitrogen and oxygen atoms in total. The van der Waals surface area contributed by atoms with Crippen LogP contribution in [0.5, 0.6) is 0 Å². The van der Waals surface area contributed by atoms with Gasteiger partial charge in [0.25, 0.3) is 10.0 Å².